The molecule has 2 aliphatic heterocycles. The van der Waals surface area contributed by atoms with Crippen LogP contribution in [0.2, 0.25) is 0 Å². The SMILES string of the molecule is CC1CN(c2nc3n(c(=O)c2F)CC[C@@H](C(F)(F)F)N3CC(=O)C2CC2)CCO1. The lowest BCUT2D eigenvalue weighted by molar-refractivity contribution is -0.153. The van der Waals surface area contributed by atoms with Gasteiger partial charge in [0, 0.05) is 25.6 Å². The van der Waals surface area contributed by atoms with Crippen LogP contribution in [0.15, 0.2) is 4.79 Å². The van der Waals surface area contributed by atoms with Crippen LogP contribution in [-0.4, -0.2) is 59.9 Å². The standard InChI is InChI=1S/C18H22F4N4O3/c1-10-8-24(6-7-29-10)15-14(19)16(28)25-5-4-13(18(20,21)22)26(17(25)23-15)9-12(27)11-2-3-11/h10-11,13H,2-9H2,1H3/t10?,13-/m0/s1. The highest BCUT2D eigenvalue weighted by Crippen LogP contribution is 2.36. The van der Waals surface area contributed by atoms with Gasteiger partial charge in [0.25, 0.3) is 5.56 Å². The van der Waals surface area contributed by atoms with E-state index in [-0.39, 0.29) is 55.8 Å². The van der Waals surface area contributed by atoms with E-state index in [2.05, 4.69) is 4.98 Å². The van der Waals surface area contributed by atoms with Crippen molar-refractivity contribution in [1.82, 2.24) is 9.55 Å². The topological polar surface area (TPSA) is 67.7 Å². The molecule has 4 rings (SSSR count). The number of Topliss-reactive ketones (excluding diaryl/α,β-unsaturated/α-hetero) is 1. The van der Waals surface area contributed by atoms with Gasteiger partial charge in [0.05, 0.1) is 19.3 Å². The van der Waals surface area contributed by atoms with Crippen LogP contribution in [0, 0.1) is 11.7 Å². The van der Waals surface area contributed by atoms with E-state index in [1.54, 1.807) is 6.92 Å². The Labute approximate surface area is 164 Å². The van der Waals surface area contributed by atoms with Crippen LogP contribution < -0.4 is 15.4 Å². The summed E-state index contributed by atoms with van der Waals surface area (Å²) in [5, 5.41) is 0. The van der Waals surface area contributed by atoms with E-state index >= 15 is 0 Å². The molecule has 3 heterocycles. The second-order valence-corrected chi connectivity index (χ2v) is 7.85. The minimum Gasteiger partial charge on any atom is -0.375 e. The summed E-state index contributed by atoms with van der Waals surface area (Å²) in [6, 6.07) is -1.95. The van der Waals surface area contributed by atoms with Gasteiger partial charge in [-0.15, -0.1) is 0 Å². The number of rotatable bonds is 4. The van der Waals surface area contributed by atoms with Gasteiger partial charge < -0.3 is 14.5 Å². The molecular weight excluding hydrogens is 396 g/mol. The number of hydrogen-bond donors (Lipinski definition) is 0. The molecule has 1 unspecified atom stereocenters. The fourth-order valence-corrected chi connectivity index (χ4v) is 3.92. The maximum Gasteiger partial charge on any atom is 0.408 e. The normalized spacial score (nSPS) is 25.1. The van der Waals surface area contributed by atoms with Crippen molar-refractivity contribution in [3.8, 4) is 0 Å². The molecular formula is C18H22F4N4O3. The molecule has 1 saturated heterocycles. The van der Waals surface area contributed by atoms with Crippen molar-refractivity contribution in [3.63, 3.8) is 0 Å². The number of halogens is 4. The maximum absolute atomic E-state index is 14.8. The predicted molar refractivity (Wildman–Crippen MR) is 95.6 cm³/mol. The number of nitrogens with zero attached hydrogens (tertiary/aromatic N) is 4. The van der Waals surface area contributed by atoms with Crippen LogP contribution >= 0.6 is 0 Å². The second-order valence-electron chi connectivity index (χ2n) is 7.85. The molecule has 11 heteroatoms. The molecule has 0 N–H and O–H groups in total. The average Bonchev–Trinajstić information content (AvgIpc) is 3.49. The second kappa shape index (κ2) is 7.26. The third-order valence-electron chi connectivity index (χ3n) is 5.61. The Bertz CT molecular complexity index is 868. The predicted octanol–water partition coefficient (Wildman–Crippen LogP) is 1.73. The summed E-state index contributed by atoms with van der Waals surface area (Å²) in [6.07, 6.45) is -3.97. The molecule has 3 aliphatic rings. The monoisotopic (exact) mass is 418 g/mol. The van der Waals surface area contributed by atoms with Crippen molar-refractivity contribution in [2.75, 3.05) is 36.0 Å². The number of ketones is 1. The number of carbonyl (C=O) groups excluding carboxylic acids is 1. The zero-order valence-corrected chi connectivity index (χ0v) is 15.9. The van der Waals surface area contributed by atoms with Gasteiger partial charge in [-0.1, -0.05) is 0 Å². The number of morpholine rings is 1. The zero-order chi connectivity index (χ0) is 20.9. The van der Waals surface area contributed by atoms with E-state index in [4.69, 9.17) is 4.74 Å². The number of alkyl halides is 3. The first-order valence-electron chi connectivity index (χ1n) is 9.69. The average molecular weight is 418 g/mol. The van der Waals surface area contributed by atoms with Crippen molar-refractivity contribution in [3.05, 3.63) is 16.2 Å². The lowest BCUT2D eigenvalue weighted by atomic mass is 10.1. The van der Waals surface area contributed by atoms with E-state index in [0.717, 1.165) is 9.47 Å². The molecule has 29 heavy (non-hydrogen) atoms. The van der Waals surface area contributed by atoms with Gasteiger partial charge in [-0.2, -0.15) is 22.5 Å². The smallest absolute Gasteiger partial charge is 0.375 e. The Hall–Kier alpha value is -2.17. The summed E-state index contributed by atoms with van der Waals surface area (Å²) >= 11 is 0. The summed E-state index contributed by atoms with van der Waals surface area (Å²) in [4.78, 5) is 31.4. The fourth-order valence-electron chi connectivity index (χ4n) is 3.92. The van der Waals surface area contributed by atoms with E-state index in [1.807, 2.05) is 0 Å². The van der Waals surface area contributed by atoms with Crippen LogP contribution in [0.5, 0.6) is 0 Å². The highest BCUT2D eigenvalue weighted by Gasteiger charge is 2.48. The van der Waals surface area contributed by atoms with Crippen LogP contribution in [0.1, 0.15) is 26.2 Å². The summed E-state index contributed by atoms with van der Waals surface area (Å²) in [5.41, 5.74) is -1.02. The Balaban J connectivity index is 1.77. The van der Waals surface area contributed by atoms with Gasteiger partial charge in [0.15, 0.2) is 11.6 Å². The number of fused-ring (bicyclic) bond motifs is 1. The molecule has 2 atom stereocenters. The molecule has 2 fully saturated rings. The lowest BCUT2D eigenvalue weighted by Gasteiger charge is -2.39. The van der Waals surface area contributed by atoms with E-state index in [1.165, 1.54) is 4.90 Å². The van der Waals surface area contributed by atoms with Gasteiger partial charge >= 0.3 is 6.18 Å². The third-order valence-corrected chi connectivity index (χ3v) is 5.61. The Morgan fingerprint density at radius 3 is 2.59 bits per heavy atom. The molecule has 160 valence electrons. The van der Waals surface area contributed by atoms with Gasteiger partial charge in [-0.05, 0) is 26.2 Å². The first kappa shape index (κ1) is 20.1. The number of ether oxygens (including phenoxy) is 1. The molecule has 0 amide bonds. The van der Waals surface area contributed by atoms with Crippen molar-refractivity contribution >= 4 is 17.5 Å². The highest BCUT2D eigenvalue weighted by molar-refractivity contribution is 5.87. The van der Waals surface area contributed by atoms with E-state index in [9.17, 15) is 27.2 Å². The van der Waals surface area contributed by atoms with Gasteiger partial charge in [0.1, 0.15) is 6.04 Å². The molecule has 1 aromatic heterocycles. The molecule has 0 spiro atoms. The maximum atomic E-state index is 14.8. The van der Waals surface area contributed by atoms with Crippen LogP contribution in [0.4, 0.5) is 29.3 Å². The summed E-state index contributed by atoms with van der Waals surface area (Å²) in [7, 11) is 0. The van der Waals surface area contributed by atoms with Gasteiger partial charge in [-0.25, -0.2) is 0 Å². The molecule has 0 aromatic carbocycles. The first-order valence-corrected chi connectivity index (χ1v) is 9.69. The minimum absolute atomic E-state index is 0.237. The Morgan fingerprint density at radius 2 is 1.97 bits per heavy atom. The van der Waals surface area contributed by atoms with Crippen LogP contribution in [-0.2, 0) is 16.1 Å². The summed E-state index contributed by atoms with van der Waals surface area (Å²) in [6.45, 7) is 1.78. The van der Waals surface area contributed by atoms with Gasteiger partial charge in [0.2, 0.25) is 11.8 Å². The summed E-state index contributed by atoms with van der Waals surface area (Å²) < 4.78 is 62.1. The number of aromatic nitrogens is 2. The zero-order valence-electron chi connectivity index (χ0n) is 15.9. The van der Waals surface area contributed by atoms with E-state index < -0.39 is 36.6 Å². The first-order chi connectivity index (χ1) is 13.7. The number of hydrogen-bond acceptors (Lipinski definition) is 6. The largest absolute Gasteiger partial charge is 0.408 e. The Kier molecular flexibility index (Phi) is 5.04. The molecule has 7 nitrogen and oxygen atoms in total. The number of carbonyl (C=O) groups is 1. The van der Waals surface area contributed by atoms with Crippen LogP contribution in [0.25, 0.3) is 0 Å². The highest BCUT2D eigenvalue weighted by atomic mass is 19.4. The Morgan fingerprint density at radius 1 is 1.24 bits per heavy atom. The van der Waals surface area contributed by atoms with Crippen LogP contribution in [0.3, 0.4) is 0 Å². The molecule has 1 saturated carbocycles. The third kappa shape index (κ3) is 3.84. The molecule has 1 aromatic rings. The molecule has 0 radical (unpaired) electrons. The minimum atomic E-state index is -4.60. The molecule has 0 bridgehead atoms. The summed E-state index contributed by atoms with van der Waals surface area (Å²) in [5.74, 6) is -2.24. The lowest BCUT2D eigenvalue weighted by Crippen LogP contribution is -2.55. The van der Waals surface area contributed by atoms with Gasteiger partial charge in [-0.3, -0.25) is 14.2 Å². The van der Waals surface area contributed by atoms with Crippen molar-refractivity contribution < 1.29 is 27.1 Å². The fraction of sp³-hybridized carbons (Fsp3) is 0.722. The van der Waals surface area contributed by atoms with Crippen molar-refractivity contribution in [2.45, 2.75) is 51.1 Å². The van der Waals surface area contributed by atoms with E-state index in [0.29, 0.717) is 12.8 Å². The number of anilines is 2. The van der Waals surface area contributed by atoms with Crippen molar-refractivity contribution in [2.24, 2.45) is 5.92 Å². The van der Waals surface area contributed by atoms with Crippen molar-refractivity contribution in [1.29, 1.82) is 0 Å². The quantitative estimate of drug-likeness (QED) is 0.694. The molecule has 1 aliphatic carbocycles.